The number of hydrogen-bond donors (Lipinski definition) is 1. The van der Waals surface area contributed by atoms with Gasteiger partial charge in [0.1, 0.15) is 11.4 Å². The van der Waals surface area contributed by atoms with Crippen molar-refractivity contribution >= 4 is 15.9 Å². The fourth-order valence-corrected chi connectivity index (χ4v) is 1.81. The van der Waals surface area contributed by atoms with Gasteiger partial charge in [0.15, 0.2) is 0 Å². The summed E-state index contributed by atoms with van der Waals surface area (Å²) in [6.07, 6.45) is 0. The van der Waals surface area contributed by atoms with Gasteiger partial charge in [-0.25, -0.2) is 0 Å². The molecule has 1 aromatic heterocycles. The zero-order valence-electron chi connectivity index (χ0n) is 8.61. The molecule has 0 saturated heterocycles. The summed E-state index contributed by atoms with van der Waals surface area (Å²) in [5.41, 5.74) is 2.10. The summed E-state index contributed by atoms with van der Waals surface area (Å²) in [5, 5.41) is 13.1. The van der Waals surface area contributed by atoms with Gasteiger partial charge in [0.25, 0.3) is 0 Å². The summed E-state index contributed by atoms with van der Waals surface area (Å²) in [5.74, 6) is 0.737. The fourth-order valence-electron chi connectivity index (χ4n) is 1.42. The third-order valence-corrected chi connectivity index (χ3v) is 2.86. The predicted molar refractivity (Wildman–Crippen MR) is 62.1 cm³/mol. The largest absolute Gasteiger partial charge is 0.497 e. The minimum Gasteiger partial charge on any atom is -0.497 e. The van der Waals surface area contributed by atoms with Crippen LogP contribution in [0.4, 0.5) is 0 Å². The molecule has 1 N–H and O–H groups in total. The molecule has 0 fully saturated rings. The van der Waals surface area contributed by atoms with Gasteiger partial charge < -0.3 is 14.4 Å². The van der Waals surface area contributed by atoms with Gasteiger partial charge in [0.2, 0.25) is 4.67 Å². The van der Waals surface area contributed by atoms with E-state index < -0.39 is 0 Å². The molecular formula is C11H10BrNO3. The number of aliphatic hydroxyl groups excluding tert-OH is 1. The Morgan fingerprint density at radius 1 is 1.50 bits per heavy atom. The third-order valence-electron chi connectivity index (χ3n) is 2.24. The van der Waals surface area contributed by atoms with Crippen LogP contribution in [0.3, 0.4) is 0 Å². The zero-order chi connectivity index (χ0) is 11.5. The number of nitrogens with zero attached hydrogens (tertiary/aromatic N) is 1. The minimum absolute atomic E-state index is 0.128. The number of aromatic nitrogens is 1. The van der Waals surface area contributed by atoms with Gasteiger partial charge in [0, 0.05) is 5.56 Å². The molecule has 16 heavy (non-hydrogen) atoms. The van der Waals surface area contributed by atoms with Crippen LogP contribution in [0, 0.1) is 0 Å². The van der Waals surface area contributed by atoms with E-state index in [2.05, 4.69) is 21.1 Å². The second kappa shape index (κ2) is 4.67. The molecule has 0 aliphatic heterocycles. The quantitative estimate of drug-likeness (QED) is 0.941. The summed E-state index contributed by atoms with van der Waals surface area (Å²) < 4.78 is 10.6. The third kappa shape index (κ3) is 1.96. The zero-order valence-corrected chi connectivity index (χ0v) is 10.2. The Balaban J connectivity index is 2.49. The Morgan fingerprint density at radius 2 is 2.31 bits per heavy atom. The molecule has 2 aromatic rings. The lowest BCUT2D eigenvalue weighted by Crippen LogP contribution is -1.88. The fraction of sp³-hybridized carbons (Fsp3) is 0.182. The van der Waals surface area contributed by atoms with Crippen molar-refractivity contribution in [2.45, 2.75) is 6.61 Å². The van der Waals surface area contributed by atoms with E-state index in [9.17, 15) is 5.11 Å². The second-order valence-electron chi connectivity index (χ2n) is 3.17. The van der Waals surface area contributed by atoms with Crippen LogP contribution in [-0.4, -0.2) is 17.4 Å². The maximum absolute atomic E-state index is 9.21. The van der Waals surface area contributed by atoms with Crippen LogP contribution in [-0.2, 0) is 6.61 Å². The van der Waals surface area contributed by atoms with Crippen molar-refractivity contribution < 1.29 is 14.4 Å². The average molecular weight is 284 g/mol. The molecule has 0 unspecified atom stereocenters. The molecule has 1 aromatic carbocycles. The Labute approximate surface area is 101 Å². The number of ether oxygens (including phenoxy) is 1. The van der Waals surface area contributed by atoms with Crippen LogP contribution in [0.2, 0.25) is 0 Å². The minimum atomic E-state index is -0.128. The summed E-state index contributed by atoms with van der Waals surface area (Å²) >= 11 is 3.19. The monoisotopic (exact) mass is 283 g/mol. The first kappa shape index (κ1) is 11.2. The molecule has 84 valence electrons. The molecular weight excluding hydrogens is 274 g/mol. The maximum Gasteiger partial charge on any atom is 0.208 e. The van der Waals surface area contributed by atoms with Crippen LogP contribution in [0.15, 0.2) is 33.5 Å². The Hall–Kier alpha value is -1.33. The predicted octanol–water partition coefficient (Wildman–Crippen LogP) is 2.61. The van der Waals surface area contributed by atoms with E-state index in [1.54, 1.807) is 7.11 Å². The molecule has 0 bridgehead atoms. The van der Waals surface area contributed by atoms with Gasteiger partial charge in [-0.3, -0.25) is 0 Å². The first-order valence-electron chi connectivity index (χ1n) is 4.65. The maximum atomic E-state index is 9.21. The molecule has 0 radical (unpaired) electrons. The average Bonchev–Trinajstić information content (AvgIpc) is 2.70. The number of methoxy groups -OCH3 is 1. The summed E-state index contributed by atoms with van der Waals surface area (Å²) in [4.78, 5) is 0. The van der Waals surface area contributed by atoms with Crippen molar-refractivity contribution in [2.24, 2.45) is 0 Å². The lowest BCUT2D eigenvalue weighted by atomic mass is 10.1. The van der Waals surface area contributed by atoms with Crippen molar-refractivity contribution in [3.05, 3.63) is 34.5 Å². The Bertz CT molecular complexity index is 496. The molecule has 2 rings (SSSR count). The molecule has 0 aliphatic rings. The van der Waals surface area contributed by atoms with Crippen molar-refractivity contribution in [3.63, 3.8) is 0 Å². The first-order chi connectivity index (χ1) is 7.76. The van der Waals surface area contributed by atoms with Gasteiger partial charge in [-0.05, 0) is 28.1 Å². The molecule has 0 amide bonds. The van der Waals surface area contributed by atoms with E-state index in [0.29, 0.717) is 15.9 Å². The normalized spacial score (nSPS) is 10.4. The highest BCUT2D eigenvalue weighted by Gasteiger charge is 2.14. The van der Waals surface area contributed by atoms with E-state index >= 15 is 0 Å². The van der Waals surface area contributed by atoms with E-state index in [4.69, 9.17) is 9.26 Å². The first-order valence-corrected chi connectivity index (χ1v) is 5.45. The van der Waals surface area contributed by atoms with Gasteiger partial charge in [-0.15, -0.1) is 0 Å². The topological polar surface area (TPSA) is 55.5 Å². The molecule has 0 spiro atoms. The lowest BCUT2D eigenvalue weighted by Gasteiger charge is -2.02. The standard InChI is InChI=1S/C11H10BrNO3/c1-15-8-4-2-3-7(5-8)10-9(6-14)11(12)16-13-10/h2-5,14H,6H2,1H3. The Morgan fingerprint density at radius 3 is 3.00 bits per heavy atom. The molecule has 1 heterocycles. The highest BCUT2D eigenvalue weighted by atomic mass is 79.9. The van der Waals surface area contributed by atoms with E-state index in [-0.39, 0.29) is 6.61 Å². The van der Waals surface area contributed by atoms with Crippen molar-refractivity contribution in [1.29, 1.82) is 0 Å². The summed E-state index contributed by atoms with van der Waals surface area (Å²) in [7, 11) is 1.60. The number of benzene rings is 1. The van der Waals surface area contributed by atoms with Crippen LogP contribution >= 0.6 is 15.9 Å². The highest BCUT2D eigenvalue weighted by molar-refractivity contribution is 9.10. The molecule has 5 heteroatoms. The number of halogens is 1. The summed E-state index contributed by atoms with van der Waals surface area (Å²) in [6.45, 7) is -0.128. The van der Waals surface area contributed by atoms with Gasteiger partial charge in [-0.2, -0.15) is 0 Å². The van der Waals surface area contributed by atoms with E-state index in [1.807, 2.05) is 24.3 Å². The van der Waals surface area contributed by atoms with Crippen molar-refractivity contribution in [2.75, 3.05) is 7.11 Å². The molecule has 4 nitrogen and oxygen atoms in total. The summed E-state index contributed by atoms with van der Waals surface area (Å²) in [6, 6.07) is 7.42. The number of hydrogen-bond acceptors (Lipinski definition) is 4. The van der Waals surface area contributed by atoms with Crippen LogP contribution in [0.1, 0.15) is 5.56 Å². The van der Waals surface area contributed by atoms with Gasteiger partial charge >= 0.3 is 0 Å². The highest BCUT2D eigenvalue weighted by Crippen LogP contribution is 2.30. The lowest BCUT2D eigenvalue weighted by molar-refractivity contribution is 0.278. The van der Waals surface area contributed by atoms with E-state index in [1.165, 1.54) is 0 Å². The molecule has 0 atom stereocenters. The van der Waals surface area contributed by atoms with Crippen LogP contribution in [0.5, 0.6) is 5.75 Å². The molecule has 0 aliphatic carbocycles. The smallest absolute Gasteiger partial charge is 0.208 e. The van der Waals surface area contributed by atoms with Crippen LogP contribution in [0.25, 0.3) is 11.3 Å². The van der Waals surface area contributed by atoms with Crippen molar-refractivity contribution in [1.82, 2.24) is 5.16 Å². The van der Waals surface area contributed by atoms with Crippen LogP contribution < -0.4 is 4.74 Å². The molecule has 0 saturated carbocycles. The number of aliphatic hydroxyl groups is 1. The van der Waals surface area contributed by atoms with Gasteiger partial charge in [0.05, 0.1) is 19.3 Å². The second-order valence-corrected chi connectivity index (χ2v) is 3.89. The SMILES string of the molecule is COc1cccc(-c2noc(Br)c2CO)c1. The van der Waals surface area contributed by atoms with Gasteiger partial charge in [-0.1, -0.05) is 17.3 Å². The number of rotatable bonds is 3. The Kier molecular flexibility index (Phi) is 3.26. The van der Waals surface area contributed by atoms with Crippen molar-refractivity contribution in [3.8, 4) is 17.0 Å². The van der Waals surface area contributed by atoms with E-state index in [0.717, 1.165) is 11.3 Å².